The van der Waals surface area contributed by atoms with Crippen molar-refractivity contribution in [1.29, 1.82) is 5.26 Å². The van der Waals surface area contributed by atoms with Crippen molar-refractivity contribution in [3.63, 3.8) is 0 Å². The topological polar surface area (TPSA) is 106 Å². The second kappa shape index (κ2) is 8.01. The fraction of sp³-hybridized carbons (Fsp3) is 0.182. The third kappa shape index (κ3) is 3.42. The second-order valence-corrected chi connectivity index (χ2v) is 7.18. The standard InChI is InChI=1S/C22H19ClN4O3/c1-12-19-20(16(10-24)21(25)30-22(19)27-26-12)15-8-7-14(28-2)9-18(15)29-11-13-5-3-4-6-17(13)23/h3-9,20H,11,25H2,1-2H3,(H,26,27). The van der Waals surface area contributed by atoms with Crippen molar-refractivity contribution in [3.05, 3.63) is 81.3 Å². The summed E-state index contributed by atoms with van der Waals surface area (Å²) in [4.78, 5) is 0. The maximum atomic E-state index is 9.80. The van der Waals surface area contributed by atoms with E-state index in [1.165, 1.54) is 0 Å². The summed E-state index contributed by atoms with van der Waals surface area (Å²) in [5, 5.41) is 17.5. The maximum Gasteiger partial charge on any atom is 0.244 e. The first-order valence-corrected chi connectivity index (χ1v) is 9.57. The van der Waals surface area contributed by atoms with Crippen LogP contribution in [0.1, 0.15) is 28.3 Å². The number of rotatable bonds is 5. The van der Waals surface area contributed by atoms with E-state index in [4.69, 9.17) is 31.5 Å². The van der Waals surface area contributed by atoms with Gasteiger partial charge in [-0.3, -0.25) is 5.10 Å². The Balaban J connectivity index is 1.81. The van der Waals surface area contributed by atoms with Crippen molar-refractivity contribution in [1.82, 2.24) is 10.2 Å². The summed E-state index contributed by atoms with van der Waals surface area (Å²) >= 11 is 6.27. The Labute approximate surface area is 178 Å². The summed E-state index contributed by atoms with van der Waals surface area (Å²) in [6.07, 6.45) is 0. The molecule has 3 aromatic rings. The maximum absolute atomic E-state index is 9.80. The van der Waals surface area contributed by atoms with Gasteiger partial charge in [0.15, 0.2) is 0 Å². The number of nitriles is 1. The number of aromatic nitrogens is 2. The molecule has 0 saturated heterocycles. The fourth-order valence-electron chi connectivity index (χ4n) is 3.49. The summed E-state index contributed by atoms with van der Waals surface area (Å²) < 4.78 is 17.1. The zero-order chi connectivity index (χ0) is 21.3. The molecule has 0 fully saturated rings. The number of halogens is 1. The fourth-order valence-corrected chi connectivity index (χ4v) is 3.68. The number of hydrogen-bond donors (Lipinski definition) is 2. The average molecular weight is 423 g/mol. The number of fused-ring (bicyclic) bond motifs is 1. The van der Waals surface area contributed by atoms with Gasteiger partial charge in [-0.25, -0.2) is 0 Å². The monoisotopic (exact) mass is 422 g/mol. The van der Waals surface area contributed by atoms with Crippen molar-refractivity contribution < 1.29 is 14.2 Å². The van der Waals surface area contributed by atoms with E-state index in [2.05, 4.69) is 16.3 Å². The van der Waals surface area contributed by atoms with Gasteiger partial charge in [-0.05, 0) is 19.1 Å². The predicted octanol–water partition coefficient (Wildman–Crippen LogP) is 4.18. The SMILES string of the molecule is COc1ccc(C2C(C#N)=C(N)Oc3n[nH]c(C)c32)c(OCc2ccccc2Cl)c1. The Bertz CT molecular complexity index is 1180. The Morgan fingerprint density at radius 1 is 1.30 bits per heavy atom. The highest BCUT2D eigenvalue weighted by Crippen LogP contribution is 2.46. The van der Waals surface area contributed by atoms with Crippen LogP contribution in [0.4, 0.5) is 0 Å². The van der Waals surface area contributed by atoms with E-state index < -0.39 is 5.92 Å². The lowest BCUT2D eigenvalue weighted by Crippen LogP contribution is -2.21. The molecule has 2 heterocycles. The van der Waals surface area contributed by atoms with Gasteiger partial charge in [0.1, 0.15) is 29.7 Å². The summed E-state index contributed by atoms with van der Waals surface area (Å²) in [6, 6.07) is 15.1. The summed E-state index contributed by atoms with van der Waals surface area (Å²) in [5.74, 6) is 1.05. The van der Waals surface area contributed by atoms with Crippen LogP contribution < -0.4 is 19.9 Å². The highest BCUT2D eigenvalue weighted by molar-refractivity contribution is 6.31. The van der Waals surface area contributed by atoms with Crippen LogP contribution in [0.3, 0.4) is 0 Å². The molecule has 1 aliphatic heterocycles. The van der Waals surface area contributed by atoms with E-state index in [1.807, 2.05) is 43.3 Å². The first-order valence-electron chi connectivity index (χ1n) is 9.20. The molecule has 1 unspecified atom stereocenters. The largest absolute Gasteiger partial charge is 0.497 e. The molecule has 0 bridgehead atoms. The Morgan fingerprint density at radius 3 is 2.83 bits per heavy atom. The zero-order valence-corrected chi connectivity index (χ0v) is 17.2. The average Bonchev–Trinajstić information content (AvgIpc) is 3.12. The number of allylic oxidation sites excluding steroid dienone is 1. The van der Waals surface area contributed by atoms with Gasteiger partial charge in [0.05, 0.1) is 13.0 Å². The van der Waals surface area contributed by atoms with Crippen LogP contribution in [0.2, 0.25) is 5.02 Å². The van der Waals surface area contributed by atoms with E-state index >= 15 is 0 Å². The van der Waals surface area contributed by atoms with Crippen molar-refractivity contribution >= 4 is 11.6 Å². The highest BCUT2D eigenvalue weighted by Gasteiger charge is 2.36. The molecule has 0 amide bonds. The highest BCUT2D eigenvalue weighted by atomic mass is 35.5. The lowest BCUT2D eigenvalue weighted by molar-refractivity contribution is 0.299. The van der Waals surface area contributed by atoms with Crippen LogP contribution in [0.15, 0.2) is 53.9 Å². The molecule has 30 heavy (non-hydrogen) atoms. The van der Waals surface area contributed by atoms with E-state index in [0.717, 1.165) is 22.4 Å². The minimum Gasteiger partial charge on any atom is -0.497 e. The Hall–Kier alpha value is -3.63. The minimum atomic E-state index is -0.496. The molecular weight excluding hydrogens is 404 g/mol. The zero-order valence-electron chi connectivity index (χ0n) is 16.4. The number of ether oxygens (including phenoxy) is 3. The Kier molecular flexibility index (Phi) is 5.25. The third-order valence-electron chi connectivity index (χ3n) is 5.00. The molecule has 152 valence electrons. The number of nitrogens with one attached hydrogen (secondary N) is 1. The molecule has 7 nitrogen and oxygen atoms in total. The predicted molar refractivity (Wildman–Crippen MR) is 111 cm³/mol. The first kappa shape index (κ1) is 19.7. The molecule has 4 rings (SSSR count). The second-order valence-electron chi connectivity index (χ2n) is 6.78. The van der Waals surface area contributed by atoms with Crippen molar-refractivity contribution in [2.75, 3.05) is 7.11 Å². The number of methoxy groups -OCH3 is 1. The number of nitrogens with zero attached hydrogens (tertiary/aromatic N) is 2. The summed E-state index contributed by atoms with van der Waals surface area (Å²) in [6.45, 7) is 2.12. The lowest BCUT2D eigenvalue weighted by atomic mass is 9.83. The molecule has 1 aliphatic rings. The molecule has 1 aromatic heterocycles. The quantitative estimate of drug-likeness (QED) is 0.638. The number of H-pyrrole nitrogens is 1. The molecule has 0 radical (unpaired) electrons. The molecule has 2 aromatic carbocycles. The molecule has 0 aliphatic carbocycles. The number of aryl methyl sites for hydroxylation is 1. The minimum absolute atomic E-state index is 0.0226. The van der Waals surface area contributed by atoms with E-state index in [0.29, 0.717) is 28.0 Å². The van der Waals surface area contributed by atoms with Crippen LogP contribution in [0.5, 0.6) is 17.4 Å². The normalized spacial score (nSPS) is 15.2. The molecule has 3 N–H and O–H groups in total. The van der Waals surface area contributed by atoms with Crippen LogP contribution in [-0.4, -0.2) is 17.3 Å². The number of benzene rings is 2. The molecule has 1 atom stereocenters. The van der Waals surface area contributed by atoms with Crippen molar-refractivity contribution in [2.45, 2.75) is 19.4 Å². The number of hydrogen-bond acceptors (Lipinski definition) is 6. The van der Waals surface area contributed by atoms with Gasteiger partial charge in [-0.15, -0.1) is 5.10 Å². The van der Waals surface area contributed by atoms with Crippen LogP contribution >= 0.6 is 11.6 Å². The van der Waals surface area contributed by atoms with Crippen LogP contribution in [-0.2, 0) is 6.61 Å². The summed E-state index contributed by atoms with van der Waals surface area (Å²) in [7, 11) is 1.58. The molecule has 8 heteroatoms. The third-order valence-corrected chi connectivity index (χ3v) is 5.37. The molecular formula is C22H19ClN4O3. The van der Waals surface area contributed by atoms with Gasteiger partial charge < -0.3 is 19.9 Å². The van der Waals surface area contributed by atoms with E-state index in [9.17, 15) is 5.26 Å². The first-order chi connectivity index (χ1) is 14.5. The van der Waals surface area contributed by atoms with Crippen molar-refractivity contribution in [3.8, 4) is 23.4 Å². The molecule has 0 saturated carbocycles. The van der Waals surface area contributed by atoms with E-state index in [-0.39, 0.29) is 12.5 Å². The van der Waals surface area contributed by atoms with Crippen LogP contribution in [0, 0.1) is 18.3 Å². The van der Waals surface area contributed by atoms with Gasteiger partial charge in [0, 0.05) is 33.5 Å². The Morgan fingerprint density at radius 2 is 2.10 bits per heavy atom. The number of aromatic amines is 1. The van der Waals surface area contributed by atoms with Gasteiger partial charge in [0.25, 0.3) is 0 Å². The van der Waals surface area contributed by atoms with Crippen LogP contribution in [0.25, 0.3) is 0 Å². The van der Waals surface area contributed by atoms with Gasteiger partial charge >= 0.3 is 0 Å². The lowest BCUT2D eigenvalue weighted by Gasteiger charge is -2.25. The van der Waals surface area contributed by atoms with E-state index in [1.54, 1.807) is 13.2 Å². The van der Waals surface area contributed by atoms with Gasteiger partial charge in [-0.2, -0.15) is 5.26 Å². The number of nitrogens with two attached hydrogens (primary N) is 1. The molecule has 0 spiro atoms. The van der Waals surface area contributed by atoms with Crippen molar-refractivity contribution in [2.24, 2.45) is 5.73 Å². The van der Waals surface area contributed by atoms with Gasteiger partial charge in [0.2, 0.25) is 11.8 Å². The smallest absolute Gasteiger partial charge is 0.244 e. The van der Waals surface area contributed by atoms with Gasteiger partial charge in [-0.1, -0.05) is 35.9 Å². The summed E-state index contributed by atoms with van der Waals surface area (Å²) in [5.41, 5.74) is 9.44.